The molecule has 0 saturated heterocycles. The summed E-state index contributed by atoms with van der Waals surface area (Å²) in [6, 6.07) is 0. The fourth-order valence-corrected chi connectivity index (χ4v) is 0.459. The molecule has 8 heavy (non-hydrogen) atoms. The smallest absolute Gasteiger partial charge is 0.213 e. The Kier molecular flexibility index (Phi) is 4.81. The molecule has 0 aliphatic rings. The Morgan fingerprint density at radius 1 is 1.62 bits per heavy atom. The number of rotatable bonds is 2. The first kappa shape index (κ1) is 8.60. The van der Waals surface area contributed by atoms with E-state index in [1.165, 1.54) is 0 Å². The van der Waals surface area contributed by atoms with Gasteiger partial charge in [0.05, 0.1) is 6.61 Å². The molecule has 0 spiro atoms. The van der Waals surface area contributed by atoms with Crippen molar-refractivity contribution in [3.05, 3.63) is 9.16 Å². The van der Waals surface area contributed by atoms with E-state index in [1.54, 1.807) is 0 Å². The van der Waals surface area contributed by atoms with Gasteiger partial charge in [0.1, 0.15) is 3.94 Å². The van der Waals surface area contributed by atoms with Crippen LogP contribution < -0.4 is 0 Å². The van der Waals surface area contributed by atoms with Crippen molar-refractivity contribution in [2.45, 2.75) is 6.92 Å². The lowest BCUT2D eigenvalue weighted by Crippen LogP contribution is -1.82. The van der Waals surface area contributed by atoms with Crippen LogP contribution in [0.4, 0.5) is 0 Å². The molecule has 0 aliphatic carbocycles. The number of hydrogen-bond acceptors (Lipinski definition) is 1. The van der Waals surface area contributed by atoms with Gasteiger partial charge in [0.15, 0.2) is 0 Å². The topological polar surface area (TPSA) is 9.23 Å². The van der Waals surface area contributed by atoms with Crippen LogP contribution >= 0.6 is 39.1 Å². The first-order valence-electron chi connectivity index (χ1n) is 2.02. The Hall–Kier alpha value is 0.600. The first-order valence-corrected chi connectivity index (χ1v) is 3.57. The lowest BCUT2D eigenvalue weighted by atomic mass is 10.9. The predicted molar refractivity (Wildman–Crippen MR) is 39.3 cm³/mol. The molecule has 0 unspecified atom stereocenters. The molecule has 0 saturated carbocycles. The highest BCUT2D eigenvalue weighted by Crippen LogP contribution is 2.20. The quantitative estimate of drug-likeness (QED) is 0.649. The number of halogens is 3. The molecule has 1 nitrogen and oxygen atoms in total. The van der Waals surface area contributed by atoms with Crippen molar-refractivity contribution in [1.29, 1.82) is 0 Å². The minimum Gasteiger partial charge on any atom is -0.482 e. The van der Waals surface area contributed by atoms with Crippen LogP contribution in [0.15, 0.2) is 9.16 Å². The molecular weight excluding hydrogens is 215 g/mol. The highest BCUT2D eigenvalue weighted by atomic mass is 79.9. The molecule has 0 aliphatic heterocycles. The molecule has 0 aromatic carbocycles. The third-order valence-electron chi connectivity index (χ3n) is 0.420. The van der Waals surface area contributed by atoms with Gasteiger partial charge in [-0.15, -0.1) is 0 Å². The standard InChI is InChI=1S/C4H5BrCl2O/c1-2-8-4(7)3(5)6/h2H2,1H3/b4-3+. The van der Waals surface area contributed by atoms with E-state index in [0.717, 1.165) is 0 Å². The Labute approximate surface area is 66.7 Å². The van der Waals surface area contributed by atoms with Gasteiger partial charge >= 0.3 is 0 Å². The van der Waals surface area contributed by atoms with Crippen molar-refractivity contribution < 1.29 is 4.74 Å². The summed E-state index contributed by atoms with van der Waals surface area (Å²) in [7, 11) is 0. The van der Waals surface area contributed by atoms with Gasteiger partial charge in [0, 0.05) is 0 Å². The van der Waals surface area contributed by atoms with Gasteiger partial charge in [-0.2, -0.15) is 0 Å². The minimum atomic E-state index is 0.203. The molecule has 0 radical (unpaired) electrons. The first-order chi connectivity index (χ1) is 3.68. The van der Waals surface area contributed by atoms with Crippen molar-refractivity contribution in [3.63, 3.8) is 0 Å². The van der Waals surface area contributed by atoms with Crippen molar-refractivity contribution in [3.8, 4) is 0 Å². The second-order valence-corrected chi connectivity index (χ2v) is 2.94. The largest absolute Gasteiger partial charge is 0.482 e. The average molecular weight is 220 g/mol. The highest BCUT2D eigenvalue weighted by molar-refractivity contribution is 9.12. The number of ether oxygens (including phenoxy) is 1. The van der Waals surface area contributed by atoms with E-state index >= 15 is 0 Å². The van der Waals surface area contributed by atoms with Gasteiger partial charge in [-0.25, -0.2) is 0 Å². The zero-order chi connectivity index (χ0) is 6.57. The Bertz CT molecular complexity index is 98.2. The summed E-state index contributed by atoms with van der Waals surface area (Å²) in [6.45, 7) is 2.36. The van der Waals surface area contributed by atoms with Gasteiger partial charge < -0.3 is 4.74 Å². The van der Waals surface area contributed by atoms with Crippen molar-refractivity contribution in [2.75, 3.05) is 6.61 Å². The number of hydrogen-bond donors (Lipinski definition) is 0. The van der Waals surface area contributed by atoms with Crippen LogP contribution in [0.2, 0.25) is 0 Å². The lowest BCUT2D eigenvalue weighted by Gasteiger charge is -1.97. The summed E-state index contributed by atoms with van der Waals surface area (Å²) in [5.41, 5.74) is 0. The molecule has 48 valence electrons. The summed E-state index contributed by atoms with van der Waals surface area (Å²) in [6.07, 6.45) is 0. The SMILES string of the molecule is CCO/C(Cl)=C(/Cl)Br. The van der Waals surface area contributed by atoms with E-state index in [1.807, 2.05) is 6.92 Å². The van der Waals surface area contributed by atoms with Crippen LogP contribution in [-0.4, -0.2) is 6.61 Å². The van der Waals surface area contributed by atoms with Crippen LogP contribution in [0, 0.1) is 0 Å². The van der Waals surface area contributed by atoms with Crippen LogP contribution in [0.25, 0.3) is 0 Å². The second kappa shape index (κ2) is 4.48. The minimum absolute atomic E-state index is 0.203. The van der Waals surface area contributed by atoms with Gasteiger partial charge in [0.2, 0.25) is 5.22 Å². The summed E-state index contributed by atoms with van der Waals surface area (Å²) in [5, 5.41) is 0.203. The van der Waals surface area contributed by atoms with Crippen molar-refractivity contribution >= 4 is 39.1 Å². The molecule has 0 rings (SSSR count). The van der Waals surface area contributed by atoms with Crippen molar-refractivity contribution in [1.82, 2.24) is 0 Å². The Morgan fingerprint density at radius 3 is 2.25 bits per heavy atom. The van der Waals surface area contributed by atoms with Crippen molar-refractivity contribution in [2.24, 2.45) is 0 Å². The molecule has 0 bridgehead atoms. The van der Waals surface area contributed by atoms with E-state index < -0.39 is 0 Å². The second-order valence-electron chi connectivity index (χ2n) is 0.967. The van der Waals surface area contributed by atoms with Crippen LogP contribution in [0.1, 0.15) is 6.92 Å². The van der Waals surface area contributed by atoms with Gasteiger partial charge in [-0.3, -0.25) is 0 Å². The molecule has 0 heterocycles. The molecule has 0 N–H and O–H groups in total. The van der Waals surface area contributed by atoms with Crippen LogP contribution in [0.3, 0.4) is 0 Å². The maximum Gasteiger partial charge on any atom is 0.213 e. The van der Waals surface area contributed by atoms with Crippen LogP contribution in [0.5, 0.6) is 0 Å². The summed E-state index contributed by atoms with van der Waals surface area (Å²) in [5.74, 6) is 0. The highest BCUT2D eigenvalue weighted by Gasteiger charge is 1.94. The molecular formula is C4H5BrCl2O. The maximum atomic E-state index is 5.39. The molecule has 0 amide bonds. The normalized spacial score (nSPS) is 13.0. The van der Waals surface area contributed by atoms with E-state index in [4.69, 9.17) is 27.9 Å². The zero-order valence-electron chi connectivity index (χ0n) is 4.25. The summed E-state index contributed by atoms with van der Waals surface area (Å²) >= 11 is 13.7. The third-order valence-corrected chi connectivity index (χ3v) is 1.57. The molecule has 0 fully saturated rings. The zero-order valence-corrected chi connectivity index (χ0v) is 7.35. The van der Waals surface area contributed by atoms with E-state index in [9.17, 15) is 0 Å². The predicted octanol–water partition coefficient (Wildman–Crippen LogP) is 3.02. The Morgan fingerprint density at radius 2 is 2.12 bits per heavy atom. The van der Waals surface area contributed by atoms with Gasteiger partial charge in [0.25, 0.3) is 0 Å². The fraction of sp³-hybridized carbons (Fsp3) is 0.500. The van der Waals surface area contributed by atoms with E-state index in [0.29, 0.717) is 10.5 Å². The average Bonchev–Trinajstić information content (AvgIpc) is 1.67. The van der Waals surface area contributed by atoms with E-state index in [2.05, 4.69) is 15.9 Å². The van der Waals surface area contributed by atoms with Gasteiger partial charge in [-0.1, -0.05) is 11.6 Å². The van der Waals surface area contributed by atoms with Crippen LogP contribution in [-0.2, 0) is 4.74 Å². The third kappa shape index (κ3) is 3.58. The Balaban J connectivity index is 3.62. The molecule has 0 atom stereocenters. The van der Waals surface area contributed by atoms with Gasteiger partial charge in [-0.05, 0) is 34.5 Å². The molecule has 0 aromatic rings. The fourth-order valence-electron chi connectivity index (χ4n) is 0.181. The maximum absolute atomic E-state index is 5.39. The monoisotopic (exact) mass is 218 g/mol. The van der Waals surface area contributed by atoms with E-state index in [-0.39, 0.29) is 5.22 Å². The lowest BCUT2D eigenvalue weighted by molar-refractivity contribution is 0.255. The molecule has 0 aromatic heterocycles. The summed E-state index contributed by atoms with van der Waals surface area (Å²) in [4.78, 5) is 0. The molecule has 4 heteroatoms. The summed E-state index contributed by atoms with van der Waals surface area (Å²) < 4.78 is 5.08.